The molecule has 0 radical (unpaired) electrons. The van der Waals surface area contributed by atoms with Crippen LogP contribution in [0.2, 0.25) is 0 Å². The lowest BCUT2D eigenvalue weighted by Gasteiger charge is -2.10. The highest BCUT2D eigenvalue weighted by Gasteiger charge is 2.05. The van der Waals surface area contributed by atoms with Gasteiger partial charge in [0.1, 0.15) is 0 Å². The van der Waals surface area contributed by atoms with E-state index in [9.17, 15) is 0 Å². The predicted molar refractivity (Wildman–Crippen MR) is 85.0 cm³/mol. The molecule has 0 bridgehead atoms. The van der Waals surface area contributed by atoms with Crippen molar-refractivity contribution < 1.29 is 4.74 Å². The number of nitrogens with zero attached hydrogens (tertiary/aromatic N) is 4. The zero-order valence-electron chi connectivity index (χ0n) is 12.5. The van der Waals surface area contributed by atoms with Crippen LogP contribution in [0.1, 0.15) is 5.56 Å². The molecule has 3 rings (SSSR count). The number of rotatable bonds is 7. The molecule has 1 N–H and O–H groups in total. The second-order valence-corrected chi connectivity index (χ2v) is 4.92. The summed E-state index contributed by atoms with van der Waals surface area (Å²) >= 11 is 0. The Morgan fingerprint density at radius 3 is 2.91 bits per heavy atom. The molecule has 6 nitrogen and oxygen atoms in total. The van der Waals surface area contributed by atoms with Gasteiger partial charge in [0.25, 0.3) is 0 Å². The Kier molecular flexibility index (Phi) is 4.50. The number of nitrogens with one attached hydrogen (secondary N) is 1. The Bertz CT molecular complexity index is 705. The molecule has 0 aliphatic rings. The molecule has 0 atom stereocenters. The van der Waals surface area contributed by atoms with Crippen LogP contribution >= 0.6 is 0 Å². The minimum atomic E-state index is 0.656. The lowest BCUT2D eigenvalue weighted by molar-refractivity contribution is 0.183. The zero-order chi connectivity index (χ0) is 15.2. The van der Waals surface area contributed by atoms with Crippen molar-refractivity contribution in [3.05, 3.63) is 60.7 Å². The molecule has 0 fully saturated rings. The van der Waals surface area contributed by atoms with E-state index in [1.54, 1.807) is 13.3 Å². The van der Waals surface area contributed by atoms with Crippen molar-refractivity contribution in [2.24, 2.45) is 0 Å². The number of anilines is 1. The van der Waals surface area contributed by atoms with Crippen molar-refractivity contribution in [3.8, 4) is 5.69 Å². The molecule has 3 aromatic rings. The van der Waals surface area contributed by atoms with E-state index >= 15 is 0 Å². The van der Waals surface area contributed by atoms with Crippen molar-refractivity contribution in [2.75, 3.05) is 19.0 Å². The summed E-state index contributed by atoms with van der Waals surface area (Å²) in [5.74, 6) is 0. The van der Waals surface area contributed by atoms with Gasteiger partial charge < -0.3 is 10.1 Å². The SMILES string of the molecule is COCCn1cc(NCc2ccccc2-n2cccn2)cn1. The number of ether oxygens (including phenoxy) is 1. The van der Waals surface area contributed by atoms with Crippen LogP contribution in [-0.2, 0) is 17.8 Å². The number of benzene rings is 1. The van der Waals surface area contributed by atoms with Gasteiger partial charge in [0.2, 0.25) is 0 Å². The molecule has 22 heavy (non-hydrogen) atoms. The lowest BCUT2D eigenvalue weighted by atomic mass is 10.2. The number of hydrogen-bond acceptors (Lipinski definition) is 4. The van der Waals surface area contributed by atoms with Gasteiger partial charge in [-0.25, -0.2) is 4.68 Å². The van der Waals surface area contributed by atoms with E-state index in [0.29, 0.717) is 13.2 Å². The van der Waals surface area contributed by atoms with E-state index in [1.807, 2.05) is 46.2 Å². The zero-order valence-corrected chi connectivity index (χ0v) is 12.5. The summed E-state index contributed by atoms with van der Waals surface area (Å²) in [4.78, 5) is 0. The number of aromatic nitrogens is 4. The van der Waals surface area contributed by atoms with Gasteiger partial charge in [-0.2, -0.15) is 10.2 Å². The quantitative estimate of drug-likeness (QED) is 0.727. The normalized spacial score (nSPS) is 10.8. The molecule has 0 saturated carbocycles. The van der Waals surface area contributed by atoms with Gasteiger partial charge in [-0.15, -0.1) is 0 Å². The molecule has 2 aromatic heterocycles. The third-order valence-corrected chi connectivity index (χ3v) is 3.38. The summed E-state index contributed by atoms with van der Waals surface area (Å²) in [6.07, 6.45) is 7.54. The number of hydrogen-bond donors (Lipinski definition) is 1. The van der Waals surface area contributed by atoms with E-state index < -0.39 is 0 Å². The number of para-hydroxylation sites is 1. The minimum absolute atomic E-state index is 0.656. The molecule has 1 aromatic carbocycles. The fraction of sp³-hybridized carbons (Fsp3) is 0.250. The lowest BCUT2D eigenvalue weighted by Crippen LogP contribution is -2.06. The van der Waals surface area contributed by atoms with Crippen LogP contribution in [-0.4, -0.2) is 33.3 Å². The van der Waals surface area contributed by atoms with E-state index in [-0.39, 0.29) is 0 Å². The molecule has 0 saturated heterocycles. The van der Waals surface area contributed by atoms with E-state index in [0.717, 1.165) is 17.9 Å². The van der Waals surface area contributed by atoms with Crippen molar-refractivity contribution in [2.45, 2.75) is 13.1 Å². The van der Waals surface area contributed by atoms with Crippen LogP contribution in [0.4, 0.5) is 5.69 Å². The topological polar surface area (TPSA) is 56.9 Å². The fourth-order valence-electron chi connectivity index (χ4n) is 2.25. The maximum absolute atomic E-state index is 5.05. The third kappa shape index (κ3) is 3.35. The van der Waals surface area contributed by atoms with Crippen LogP contribution in [0.5, 0.6) is 0 Å². The monoisotopic (exact) mass is 297 g/mol. The first-order chi connectivity index (χ1) is 10.9. The van der Waals surface area contributed by atoms with Gasteiger partial charge in [0.15, 0.2) is 0 Å². The van der Waals surface area contributed by atoms with Gasteiger partial charge in [-0.05, 0) is 17.7 Å². The Balaban J connectivity index is 1.68. The first-order valence-electron chi connectivity index (χ1n) is 7.20. The Morgan fingerprint density at radius 2 is 2.09 bits per heavy atom. The first-order valence-corrected chi connectivity index (χ1v) is 7.20. The van der Waals surface area contributed by atoms with E-state index in [4.69, 9.17) is 4.74 Å². The van der Waals surface area contributed by atoms with Crippen molar-refractivity contribution in [1.82, 2.24) is 19.6 Å². The Morgan fingerprint density at radius 1 is 1.18 bits per heavy atom. The molecule has 114 valence electrons. The highest BCUT2D eigenvalue weighted by molar-refractivity contribution is 5.45. The van der Waals surface area contributed by atoms with Gasteiger partial charge in [-0.1, -0.05) is 18.2 Å². The van der Waals surface area contributed by atoms with Crippen molar-refractivity contribution >= 4 is 5.69 Å². The van der Waals surface area contributed by atoms with Gasteiger partial charge >= 0.3 is 0 Å². The molecule has 0 aliphatic carbocycles. The van der Waals surface area contributed by atoms with Crippen LogP contribution in [0.25, 0.3) is 5.69 Å². The largest absolute Gasteiger partial charge is 0.383 e. The second-order valence-electron chi connectivity index (χ2n) is 4.92. The average Bonchev–Trinajstić information content (AvgIpc) is 3.23. The number of methoxy groups -OCH3 is 1. The maximum Gasteiger partial charge on any atom is 0.0729 e. The molecular weight excluding hydrogens is 278 g/mol. The molecule has 6 heteroatoms. The minimum Gasteiger partial charge on any atom is -0.383 e. The maximum atomic E-state index is 5.05. The van der Waals surface area contributed by atoms with E-state index in [1.165, 1.54) is 5.56 Å². The van der Waals surface area contributed by atoms with Gasteiger partial charge in [0, 0.05) is 32.2 Å². The summed E-state index contributed by atoms with van der Waals surface area (Å²) in [6, 6.07) is 10.1. The molecule has 0 aliphatic heterocycles. The second kappa shape index (κ2) is 6.91. The summed E-state index contributed by atoms with van der Waals surface area (Å²) in [5, 5.41) is 12.0. The van der Waals surface area contributed by atoms with Gasteiger partial charge in [0.05, 0.1) is 30.7 Å². The molecule has 0 spiro atoms. The first kappa shape index (κ1) is 14.3. The molecule has 0 amide bonds. The van der Waals surface area contributed by atoms with Crippen molar-refractivity contribution in [3.63, 3.8) is 0 Å². The molecular formula is C16H19N5O. The fourth-order valence-corrected chi connectivity index (χ4v) is 2.25. The van der Waals surface area contributed by atoms with Crippen LogP contribution in [0.3, 0.4) is 0 Å². The highest BCUT2D eigenvalue weighted by atomic mass is 16.5. The summed E-state index contributed by atoms with van der Waals surface area (Å²) in [5.41, 5.74) is 3.24. The highest BCUT2D eigenvalue weighted by Crippen LogP contribution is 2.15. The molecule has 0 unspecified atom stereocenters. The predicted octanol–water partition coefficient (Wildman–Crippen LogP) is 2.33. The third-order valence-electron chi connectivity index (χ3n) is 3.38. The summed E-state index contributed by atoms with van der Waals surface area (Å²) < 4.78 is 8.79. The van der Waals surface area contributed by atoms with E-state index in [2.05, 4.69) is 27.6 Å². The van der Waals surface area contributed by atoms with Crippen LogP contribution < -0.4 is 5.32 Å². The van der Waals surface area contributed by atoms with Crippen LogP contribution in [0.15, 0.2) is 55.1 Å². The van der Waals surface area contributed by atoms with Gasteiger partial charge in [-0.3, -0.25) is 4.68 Å². The Labute approximate surface area is 129 Å². The summed E-state index contributed by atoms with van der Waals surface area (Å²) in [6.45, 7) is 2.12. The smallest absolute Gasteiger partial charge is 0.0729 e. The van der Waals surface area contributed by atoms with Crippen molar-refractivity contribution in [1.29, 1.82) is 0 Å². The molecule has 2 heterocycles. The Hall–Kier alpha value is -2.60. The average molecular weight is 297 g/mol. The van der Waals surface area contributed by atoms with Crippen LogP contribution in [0, 0.1) is 0 Å². The standard InChI is InChI=1S/C16H19N5O/c1-22-10-9-20-13-15(12-19-20)17-11-14-5-2-3-6-16(14)21-8-4-7-18-21/h2-8,12-13,17H,9-11H2,1H3. The summed E-state index contributed by atoms with van der Waals surface area (Å²) in [7, 11) is 1.69.